The number of nitrogens with zero attached hydrogens (tertiary/aromatic N) is 3. The van der Waals surface area contributed by atoms with Crippen LogP contribution in [0, 0.1) is 10.1 Å². The normalized spacial score (nSPS) is 11.0. The van der Waals surface area contributed by atoms with Gasteiger partial charge in [0.15, 0.2) is 0 Å². The van der Waals surface area contributed by atoms with Gasteiger partial charge in [-0.25, -0.2) is 15.4 Å². The van der Waals surface area contributed by atoms with E-state index in [1.807, 2.05) is 20.8 Å². The van der Waals surface area contributed by atoms with E-state index in [9.17, 15) is 10.1 Å². The highest BCUT2D eigenvalue weighted by Crippen LogP contribution is 2.35. The van der Waals surface area contributed by atoms with Crippen LogP contribution in [0.1, 0.15) is 20.8 Å². The molecule has 1 heterocycles. The topological polar surface area (TPSA) is 123 Å². The van der Waals surface area contributed by atoms with Crippen LogP contribution in [-0.2, 0) is 0 Å². The Hall–Kier alpha value is -3.14. The van der Waals surface area contributed by atoms with Crippen molar-refractivity contribution in [3.05, 3.63) is 34.6 Å². The quantitative estimate of drug-likeness (QED) is 0.504. The van der Waals surface area contributed by atoms with Gasteiger partial charge in [-0.15, -0.1) is 0 Å². The standard InChI is InChI=1S/C16H22N6O4/c1-16(2,3)21-20-15-13(22(23)24)14(17-9-18-15)19-11-8-10(25-4)6-7-12(11)26-5/h6-9,21H,1-5H3,(H2,17,18,19,20). The molecule has 10 nitrogen and oxygen atoms in total. The summed E-state index contributed by atoms with van der Waals surface area (Å²) in [5, 5.41) is 14.5. The third kappa shape index (κ3) is 4.70. The highest BCUT2D eigenvalue weighted by Gasteiger charge is 2.25. The molecular weight excluding hydrogens is 340 g/mol. The molecule has 0 bridgehead atoms. The number of hydrogen-bond donors (Lipinski definition) is 3. The van der Waals surface area contributed by atoms with Gasteiger partial charge in [-0.05, 0) is 32.9 Å². The van der Waals surface area contributed by atoms with Crippen molar-refractivity contribution < 1.29 is 14.4 Å². The molecule has 0 aliphatic carbocycles. The van der Waals surface area contributed by atoms with E-state index in [4.69, 9.17) is 9.47 Å². The highest BCUT2D eigenvalue weighted by atomic mass is 16.6. The third-order valence-electron chi connectivity index (χ3n) is 3.22. The number of benzene rings is 1. The van der Waals surface area contributed by atoms with E-state index in [1.54, 1.807) is 18.2 Å². The summed E-state index contributed by atoms with van der Waals surface area (Å²) in [5.41, 5.74) is 5.58. The van der Waals surface area contributed by atoms with Crippen LogP contribution in [0.4, 0.5) is 23.0 Å². The zero-order valence-electron chi connectivity index (χ0n) is 15.3. The lowest BCUT2D eigenvalue weighted by Gasteiger charge is -2.21. The van der Waals surface area contributed by atoms with Gasteiger partial charge in [-0.2, -0.15) is 0 Å². The lowest BCUT2D eigenvalue weighted by atomic mass is 10.1. The number of aromatic nitrogens is 2. The first-order chi connectivity index (χ1) is 12.2. The fourth-order valence-corrected chi connectivity index (χ4v) is 2.02. The summed E-state index contributed by atoms with van der Waals surface area (Å²) in [6, 6.07) is 5.07. The number of hydrogen-bond acceptors (Lipinski definition) is 9. The van der Waals surface area contributed by atoms with Crippen LogP contribution in [0.3, 0.4) is 0 Å². The minimum Gasteiger partial charge on any atom is -0.497 e. The number of ether oxygens (including phenoxy) is 2. The molecule has 10 heteroatoms. The molecular formula is C16H22N6O4. The summed E-state index contributed by atoms with van der Waals surface area (Å²) < 4.78 is 10.5. The molecule has 0 aliphatic rings. The maximum absolute atomic E-state index is 11.6. The van der Waals surface area contributed by atoms with Crippen molar-refractivity contribution in [2.24, 2.45) is 0 Å². The van der Waals surface area contributed by atoms with Crippen molar-refractivity contribution in [1.29, 1.82) is 0 Å². The summed E-state index contributed by atoms with van der Waals surface area (Å²) in [4.78, 5) is 19.0. The molecule has 0 spiro atoms. The van der Waals surface area contributed by atoms with E-state index in [2.05, 4.69) is 26.1 Å². The average Bonchev–Trinajstić information content (AvgIpc) is 2.59. The minimum atomic E-state index is -0.554. The number of hydrazine groups is 1. The summed E-state index contributed by atoms with van der Waals surface area (Å²) in [5.74, 6) is 1.12. The molecule has 1 aromatic carbocycles. The van der Waals surface area contributed by atoms with Gasteiger partial charge in [0, 0.05) is 11.6 Å². The molecule has 2 aromatic rings. The van der Waals surface area contributed by atoms with Crippen molar-refractivity contribution in [1.82, 2.24) is 15.4 Å². The van der Waals surface area contributed by atoms with E-state index < -0.39 is 4.92 Å². The van der Waals surface area contributed by atoms with E-state index in [1.165, 1.54) is 20.5 Å². The van der Waals surface area contributed by atoms with Crippen LogP contribution < -0.4 is 25.6 Å². The molecule has 2 rings (SSSR count). The zero-order valence-corrected chi connectivity index (χ0v) is 15.3. The molecule has 0 fully saturated rings. The van der Waals surface area contributed by atoms with Gasteiger partial charge in [0.25, 0.3) is 0 Å². The Kier molecular flexibility index (Phi) is 5.78. The highest BCUT2D eigenvalue weighted by molar-refractivity contribution is 5.76. The first kappa shape index (κ1) is 19.2. The molecule has 0 unspecified atom stereocenters. The molecule has 26 heavy (non-hydrogen) atoms. The molecule has 0 amide bonds. The summed E-state index contributed by atoms with van der Waals surface area (Å²) in [7, 11) is 3.03. The molecule has 0 saturated heterocycles. The Morgan fingerprint density at radius 3 is 2.38 bits per heavy atom. The molecule has 0 saturated carbocycles. The van der Waals surface area contributed by atoms with Gasteiger partial charge >= 0.3 is 5.69 Å². The first-order valence-electron chi connectivity index (χ1n) is 7.77. The van der Waals surface area contributed by atoms with Crippen molar-refractivity contribution >= 4 is 23.0 Å². The Labute approximate surface area is 151 Å². The zero-order chi connectivity index (χ0) is 19.3. The SMILES string of the molecule is COc1ccc(OC)c(Nc2ncnc(NNC(C)(C)C)c2[N+](=O)[O-])c1. The molecule has 0 atom stereocenters. The Morgan fingerprint density at radius 1 is 1.12 bits per heavy atom. The van der Waals surface area contributed by atoms with Gasteiger partial charge in [-0.1, -0.05) is 0 Å². The monoisotopic (exact) mass is 362 g/mol. The molecule has 140 valence electrons. The maximum atomic E-state index is 11.6. The van der Waals surface area contributed by atoms with Crippen molar-refractivity contribution in [3.63, 3.8) is 0 Å². The second-order valence-corrected chi connectivity index (χ2v) is 6.37. The van der Waals surface area contributed by atoms with Crippen LogP contribution >= 0.6 is 0 Å². The van der Waals surface area contributed by atoms with E-state index in [0.29, 0.717) is 17.2 Å². The van der Waals surface area contributed by atoms with Crippen molar-refractivity contribution in [2.45, 2.75) is 26.3 Å². The van der Waals surface area contributed by atoms with Crippen LogP contribution in [0.2, 0.25) is 0 Å². The smallest absolute Gasteiger partial charge is 0.354 e. The Bertz CT molecular complexity index is 791. The molecule has 0 radical (unpaired) electrons. The number of nitro groups is 1. The number of rotatable bonds is 7. The summed E-state index contributed by atoms with van der Waals surface area (Å²) >= 11 is 0. The van der Waals surface area contributed by atoms with Gasteiger partial charge in [-0.3, -0.25) is 15.5 Å². The molecule has 0 aliphatic heterocycles. The van der Waals surface area contributed by atoms with E-state index in [-0.39, 0.29) is 22.9 Å². The number of anilines is 3. The fourth-order valence-electron chi connectivity index (χ4n) is 2.02. The molecule has 1 aromatic heterocycles. The van der Waals surface area contributed by atoms with Gasteiger partial charge in [0.1, 0.15) is 17.8 Å². The van der Waals surface area contributed by atoms with Crippen molar-refractivity contribution in [3.8, 4) is 11.5 Å². The van der Waals surface area contributed by atoms with Crippen LogP contribution in [0.25, 0.3) is 0 Å². The third-order valence-corrected chi connectivity index (χ3v) is 3.22. The van der Waals surface area contributed by atoms with E-state index in [0.717, 1.165) is 0 Å². The largest absolute Gasteiger partial charge is 0.497 e. The van der Waals surface area contributed by atoms with Crippen LogP contribution in [0.15, 0.2) is 24.5 Å². The second kappa shape index (κ2) is 7.83. The molecule has 3 N–H and O–H groups in total. The summed E-state index contributed by atoms with van der Waals surface area (Å²) in [6.45, 7) is 5.73. The first-order valence-corrected chi connectivity index (χ1v) is 7.77. The maximum Gasteiger partial charge on any atom is 0.354 e. The fraction of sp³-hybridized carbons (Fsp3) is 0.375. The van der Waals surface area contributed by atoms with Crippen LogP contribution in [0.5, 0.6) is 11.5 Å². The number of nitrogens with one attached hydrogen (secondary N) is 3. The van der Waals surface area contributed by atoms with Crippen molar-refractivity contribution in [2.75, 3.05) is 25.0 Å². The van der Waals surface area contributed by atoms with Gasteiger partial charge in [0.05, 0.1) is 24.8 Å². The predicted molar refractivity (Wildman–Crippen MR) is 98.0 cm³/mol. The van der Waals surface area contributed by atoms with Gasteiger partial charge < -0.3 is 14.8 Å². The van der Waals surface area contributed by atoms with Crippen LogP contribution in [-0.4, -0.2) is 34.6 Å². The lowest BCUT2D eigenvalue weighted by molar-refractivity contribution is -0.383. The Balaban J connectivity index is 2.42. The second-order valence-electron chi connectivity index (χ2n) is 6.37. The number of methoxy groups -OCH3 is 2. The predicted octanol–water partition coefficient (Wildman–Crippen LogP) is 2.86. The Morgan fingerprint density at radius 2 is 1.81 bits per heavy atom. The minimum absolute atomic E-state index is 0.0229. The lowest BCUT2D eigenvalue weighted by Crippen LogP contribution is -2.40. The summed E-state index contributed by atoms with van der Waals surface area (Å²) in [6.07, 6.45) is 1.23. The average molecular weight is 362 g/mol. The van der Waals surface area contributed by atoms with Gasteiger partial charge in [0.2, 0.25) is 11.6 Å². The van der Waals surface area contributed by atoms with E-state index >= 15 is 0 Å².